The minimum atomic E-state index is -0.396. The van der Waals surface area contributed by atoms with E-state index in [0.29, 0.717) is 23.9 Å². The molecule has 8 heteroatoms. The van der Waals surface area contributed by atoms with Crippen molar-refractivity contribution in [3.8, 4) is 0 Å². The van der Waals surface area contributed by atoms with E-state index in [1.54, 1.807) is 19.4 Å². The van der Waals surface area contributed by atoms with Gasteiger partial charge in [-0.2, -0.15) is 5.10 Å². The molecule has 0 unspecified atom stereocenters. The third kappa shape index (κ3) is 2.56. The molecule has 0 saturated carbocycles. The number of nitro groups is 1. The molecular formula is C11H16N6O2. The van der Waals surface area contributed by atoms with E-state index in [1.165, 1.54) is 4.68 Å². The Morgan fingerprint density at radius 3 is 2.84 bits per heavy atom. The molecule has 2 heterocycles. The van der Waals surface area contributed by atoms with E-state index in [1.807, 2.05) is 13.8 Å². The average molecular weight is 264 g/mol. The zero-order chi connectivity index (χ0) is 14.0. The maximum atomic E-state index is 11.2. The number of nitrogens with zero attached hydrogens (tertiary/aromatic N) is 4. The highest BCUT2D eigenvalue weighted by Crippen LogP contribution is 2.32. The van der Waals surface area contributed by atoms with E-state index < -0.39 is 4.92 Å². The van der Waals surface area contributed by atoms with E-state index in [4.69, 9.17) is 0 Å². The Kier molecular flexibility index (Phi) is 3.50. The van der Waals surface area contributed by atoms with Crippen LogP contribution in [0.3, 0.4) is 0 Å². The fourth-order valence-corrected chi connectivity index (χ4v) is 1.86. The van der Waals surface area contributed by atoms with E-state index >= 15 is 0 Å². The summed E-state index contributed by atoms with van der Waals surface area (Å²) in [6, 6.07) is 0. The van der Waals surface area contributed by atoms with Crippen LogP contribution in [0.2, 0.25) is 0 Å². The van der Waals surface area contributed by atoms with Crippen LogP contribution in [0.5, 0.6) is 0 Å². The summed E-state index contributed by atoms with van der Waals surface area (Å²) in [5, 5.41) is 18.4. The summed E-state index contributed by atoms with van der Waals surface area (Å²) >= 11 is 0. The zero-order valence-corrected chi connectivity index (χ0v) is 11.0. The summed E-state index contributed by atoms with van der Waals surface area (Å²) in [4.78, 5) is 17.8. The Labute approximate surface area is 110 Å². The van der Waals surface area contributed by atoms with Crippen LogP contribution >= 0.6 is 0 Å². The van der Waals surface area contributed by atoms with Crippen molar-refractivity contribution in [2.24, 2.45) is 7.05 Å². The SMILES string of the molecule is CC(C)c1nn(C)c(NCc2ncc[nH]2)c1[N+](=O)[O-]. The molecule has 0 atom stereocenters. The van der Waals surface area contributed by atoms with Crippen LogP contribution in [0, 0.1) is 10.1 Å². The highest BCUT2D eigenvalue weighted by Gasteiger charge is 2.28. The second kappa shape index (κ2) is 5.09. The normalized spacial score (nSPS) is 10.9. The molecule has 0 radical (unpaired) electrons. The van der Waals surface area contributed by atoms with E-state index in [2.05, 4.69) is 20.4 Å². The highest BCUT2D eigenvalue weighted by molar-refractivity contribution is 5.60. The molecule has 0 fully saturated rings. The van der Waals surface area contributed by atoms with Gasteiger partial charge in [-0.25, -0.2) is 9.67 Å². The van der Waals surface area contributed by atoms with E-state index in [0.717, 1.165) is 0 Å². The number of anilines is 1. The maximum Gasteiger partial charge on any atom is 0.334 e. The van der Waals surface area contributed by atoms with Gasteiger partial charge in [-0.15, -0.1) is 0 Å². The van der Waals surface area contributed by atoms with Gasteiger partial charge in [-0.3, -0.25) is 10.1 Å². The Balaban J connectivity index is 2.30. The molecule has 2 N–H and O–H groups in total. The lowest BCUT2D eigenvalue weighted by molar-refractivity contribution is -0.384. The standard InChI is InChI=1S/C11H16N6O2/c1-7(2)9-10(17(18)19)11(16(3)15-9)14-6-8-12-4-5-13-8/h4-5,7,14H,6H2,1-3H3,(H,12,13). The molecule has 2 aromatic heterocycles. The predicted octanol–water partition coefficient (Wildman–Crippen LogP) is 1.79. The molecule has 0 bridgehead atoms. The van der Waals surface area contributed by atoms with E-state index in [9.17, 15) is 10.1 Å². The Morgan fingerprint density at radius 1 is 1.58 bits per heavy atom. The molecule has 102 valence electrons. The smallest absolute Gasteiger partial charge is 0.334 e. The fourth-order valence-electron chi connectivity index (χ4n) is 1.86. The van der Waals surface area contributed by atoms with Crippen LogP contribution in [-0.2, 0) is 13.6 Å². The van der Waals surface area contributed by atoms with Gasteiger partial charge in [-0.1, -0.05) is 13.8 Å². The molecule has 0 aliphatic heterocycles. The maximum absolute atomic E-state index is 11.2. The minimum Gasteiger partial charge on any atom is -0.357 e. The summed E-state index contributed by atoms with van der Waals surface area (Å²) in [5.74, 6) is 1.09. The number of rotatable bonds is 5. The van der Waals surface area contributed by atoms with Crippen LogP contribution in [-0.4, -0.2) is 24.7 Å². The highest BCUT2D eigenvalue weighted by atomic mass is 16.6. The van der Waals surface area contributed by atoms with Gasteiger partial charge in [-0.05, 0) is 0 Å². The van der Waals surface area contributed by atoms with Gasteiger partial charge >= 0.3 is 5.69 Å². The quantitative estimate of drug-likeness (QED) is 0.633. The van der Waals surface area contributed by atoms with E-state index in [-0.39, 0.29) is 11.6 Å². The largest absolute Gasteiger partial charge is 0.357 e. The van der Waals surface area contributed by atoms with Gasteiger partial charge in [0.1, 0.15) is 11.5 Å². The lowest BCUT2D eigenvalue weighted by Crippen LogP contribution is -2.07. The predicted molar refractivity (Wildman–Crippen MR) is 69.9 cm³/mol. The van der Waals surface area contributed by atoms with Crippen molar-refractivity contribution < 1.29 is 4.92 Å². The first kappa shape index (κ1) is 13.1. The number of aromatic amines is 1. The number of H-pyrrole nitrogens is 1. The number of aromatic nitrogens is 4. The van der Waals surface area contributed by atoms with Crippen molar-refractivity contribution in [1.82, 2.24) is 19.7 Å². The molecule has 0 aromatic carbocycles. The topological polar surface area (TPSA) is 102 Å². The van der Waals surface area contributed by atoms with Crippen molar-refractivity contribution >= 4 is 11.5 Å². The molecule has 8 nitrogen and oxygen atoms in total. The number of imidazole rings is 1. The van der Waals surface area contributed by atoms with Crippen LogP contribution in [0.1, 0.15) is 31.3 Å². The number of hydrogen-bond donors (Lipinski definition) is 2. The number of nitrogens with one attached hydrogen (secondary N) is 2. The summed E-state index contributed by atoms with van der Waals surface area (Å²) in [6.45, 7) is 4.14. The van der Waals surface area contributed by atoms with Crippen LogP contribution in [0.25, 0.3) is 0 Å². The first-order valence-corrected chi connectivity index (χ1v) is 5.94. The molecule has 19 heavy (non-hydrogen) atoms. The van der Waals surface area contributed by atoms with Gasteiger partial charge in [0.2, 0.25) is 5.82 Å². The third-order valence-electron chi connectivity index (χ3n) is 2.76. The van der Waals surface area contributed by atoms with Gasteiger partial charge in [0.25, 0.3) is 0 Å². The van der Waals surface area contributed by atoms with Crippen molar-refractivity contribution in [2.45, 2.75) is 26.3 Å². The zero-order valence-electron chi connectivity index (χ0n) is 11.0. The second-order valence-electron chi connectivity index (χ2n) is 4.51. The molecule has 0 amide bonds. The first-order valence-electron chi connectivity index (χ1n) is 5.94. The summed E-state index contributed by atoms with van der Waals surface area (Å²) in [6.07, 6.45) is 3.34. The van der Waals surface area contributed by atoms with Crippen LogP contribution < -0.4 is 5.32 Å². The monoisotopic (exact) mass is 264 g/mol. The van der Waals surface area contributed by atoms with Crippen molar-refractivity contribution in [2.75, 3.05) is 5.32 Å². The molecule has 2 aromatic rings. The molecule has 2 rings (SSSR count). The molecular weight excluding hydrogens is 248 g/mol. The van der Waals surface area contributed by atoms with Gasteiger partial charge < -0.3 is 10.3 Å². The lowest BCUT2D eigenvalue weighted by atomic mass is 10.1. The Bertz CT molecular complexity index is 572. The van der Waals surface area contributed by atoms with Crippen molar-refractivity contribution in [3.63, 3.8) is 0 Å². The first-order chi connectivity index (χ1) is 9.00. The fraction of sp³-hybridized carbons (Fsp3) is 0.455. The average Bonchev–Trinajstić information content (AvgIpc) is 2.93. The third-order valence-corrected chi connectivity index (χ3v) is 2.76. The number of hydrogen-bond acceptors (Lipinski definition) is 5. The lowest BCUT2D eigenvalue weighted by Gasteiger charge is -2.04. The van der Waals surface area contributed by atoms with Crippen LogP contribution in [0.15, 0.2) is 12.4 Å². The number of aryl methyl sites for hydroxylation is 1. The van der Waals surface area contributed by atoms with Gasteiger partial charge in [0.05, 0.1) is 11.5 Å². The molecule has 0 aliphatic rings. The van der Waals surface area contributed by atoms with Gasteiger partial charge in [0, 0.05) is 25.4 Å². The van der Waals surface area contributed by atoms with Crippen molar-refractivity contribution in [1.29, 1.82) is 0 Å². The summed E-state index contributed by atoms with van der Waals surface area (Å²) in [5.41, 5.74) is 0.513. The van der Waals surface area contributed by atoms with Crippen LogP contribution in [0.4, 0.5) is 11.5 Å². The Morgan fingerprint density at radius 2 is 2.32 bits per heavy atom. The summed E-state index contributed by atoms with van der Waals surface area (Å²) in [7, 11) is 1.68. The molecule has 0 spiro atoms. The Hall–Kier alpha value is -2.38. The second-order valence-corrected chi connectivity index (χ2v) is 4.51. The molecule has 0 aliphatic carbocycles. The minimum absolute atomic E-state index is 0.00855. The molecule has 0 saturated heterocycles. The van der Waals surface area contributed by atoms with Gasteiger partial charge in [0.15, 0.2) is 0 Å². The summed E-state index contributed by atoms with van der Waals surface area (Å²) < 4.78 is 1.50. The van der Waals surface area contributed by atoms with Crippen molar-refractivity contribution in [3.05, 3.63) is 34.0 Å².